The molecule has 3 aromatic carbocycles. The first-order chi connectivity index (χ1) is 28.9. The van der Waals surface area contributed by atoms with Crippen molar-refractivity contribution in [2.24, 2.45) is 0 Å². The highest BCUT2D eigenvalue weighted by Crippen LogP contribution is 2.49. The number of aliphatic carboxylic acids is 1. The van der Waals surface area contributed by atoms with Crippen LogP contribution in [0.25, 0.3) is 31.8 Å². The molecule has 0 saturated carbocycles. The van der Waals surface area contributed by atoms with Crippen LogP contribution in [-0.2, 0) is 33.8 Å². The van der Waals surface area contributed by atoms with Gasteiger partial charge in [0, 0.05) is 28.6 Å². The second-order valence-electron chi connectivity index (χ2n) is 14.6. The predicted molar refractivity (Wildman–Crippen MR) is 218 cm³/mol. The Labute approximate surface area is 355 Å². The molecule has 18 heteroatoms. The first-order valence-electron chi connectivity index (χ1n) is 18.5. The van der Waals surface area contributed by atoms with Gasteiger partial charge in [-0.05, 0) is 85.8 Å². The molecule has 61 heavy (non-hydrogen) atoms. The van der Waals surface area contributed by atoms with Crippen molar-refractivity contribution in [2.45, 2.75) is 71.4 Å². The van der Waals surface area contributed by atoms with Gasteiger partial charge in [-0.25, -0.2) is 24.1 Å². The van der Waals surface area contributed by atoms with Crippen molar-refractivity contribution in [3.8, 4) is 39.2 Å². The van der Waals surface area contributed by atoms with Crippen LogP contribution in [0, 0.1) is 12.7 Å². The van der Waals surface area contributed by atoms with Crippen molar-refractivity contribution in [1.29, 1.82) is 0 Å². The van der Waals surface area contributed by atoms with Crippen LogP contribution in [0.2, 0.25) is 5.02 Å². The molecule has 0 aliphatic heterocycles. The molecule has 3 aromatic heterocycles. The minimum Gasteiger partial charge on any atom is -0.487 e. The fraction of sp³-hybridized carbons (Fsp3) is 0.279. The van der Waals surface area contributed by atoms with Crippen molar-refractivity contribution in [3.63, 3.8) is 0 Å². The molecule has 0 aliphatic rings. The summed E-state index contributed by atoms with van der Waals surface area (Å²) in [7, 11) is 0. The smallest absolute Gasteiger partial charge is 0.392 e. The fourth-order valence-corrected chi connectivity index (χ4v) is 7.52. The number of halogens is 5. The lowest BCUT2D eigenvalue weighted by Gasteiger charge is -2.20. The number of alkyl halides is 3. The van der Waals surface area contributed by atoms with Crippen LogP contribution in [0.4, 0.5) is 17.6 Å². The number of hydrogen-bond donors (Lipinski definition) is 1. The number of carboxylic acid groups (broad SMARTS) is 1. The van der Waals surface area contributed by atoms with Crippen LogP contribution in [0.5, 0.6) is 17.6 Å². The summed E-state index contributed by atoms with van der Waals surface area (Å²) < 4.78 is 75.0. The van der Waals surface area contributed by atoms with Gasteiger partial charge in [-0.15, -0.1) is 11.3 Å². The van der Waals surface area contributed by atoms with E-state index in [-0.39, 0.29) is 53.4 Å². The molecular formula is C43H37ClF4N4O8S. The number of benzene rings is 3. The van der Waals surface area contributed by atoms with Crippen LogP contribution in [0.3, 0.4) is 0 Å². The summed E-state index contributed by atoms with van der Waals surface area (Å²) in [5.74, 6) is -2.28. The van der Waals surface area contributed by atoms with Crippen molar-refractivity contribution in [2.75, 3.05) is 6.61 Å². The van der Waals surface area contributed by atoms with Crippen LogP contribution < -0.4 is 14.2 Å². The number of aldehydes is 1. The number of fused-ring (bicyclic) bond motifs is 1. The third-order valence-electron chi connectivity index (χ3n) is 8.88. The van der Waals surface area contributed by atoms with E-state index in [4.69, 9.17) is 30.5 Å². The minimum atomic E-state index is -4.43. The molecule has 0 spiro atoms. The van der Waals surface area contributed by atoms with Crippen molar-refractivity contribution in [3.05, 3.63) is 112 Å². The quantitative estimate of drug-likeness (QED) is 0.0558. The van der Waals surface area contributed by atoms with Crippen molar-refractivity contribution in [1.82, 2.24) is 19.9 Å². The van der Waals surface area contributed by atoms with Crippen molar-refractivity contribution >= 4 is 51.4 Å². The Morgan fingerprint density at radius 3 is 2.43 bits per heavy atom. The third kappa shape index (κ3) is 11.3. The molecule has 6 aromatic rings. The van der Waals surface area contributed by atoms with E-state index in [1.54, 1.807) is 70.2 Å². The molecule has 0 radical (unpaired) electrons. The van der Waals surface area contributed by atoms with E-state index >= 15 is 0 Å². The third-order valence-corrected chi connectivity index (χ3v) is 10.5. The highest BCUT2D eigenvalue weighted by Gasteiger charge is 2.29. The molecular weight excluding hydrogens is 844 g/mol. The number of aromatic nitrogens is 4. The number of hydrogen-bond acceptors (Lipinski definition) is 12. The Balaban J connectivity index is 1.38. The first kappa shape index (κ1) is 44.4. The van der Waals surface area contributed by atoms with E-state index in [0.717, 1.165) is 0 Å². The van der Waals surface area contributed by atoms with Gasteiger partial charge in [0.05, 0.1) is 28.9 Å². The Morgan fingerprint density at radius 1 is 0.984 bits per heavy atom. The summed E-state index contributed by atoms with van der Waals surface area (Å²) in [6.07, 6.45) is -4.58. The van der Waals surface area contributed by atoms with Crippen molar-refractivity contribution < 1.29 is 56.0 Å². The molecule has 3 heterocycles. The molecule has 0 saturated heterocycles. The van der Waals surface area contributed by atoms with Crippen LogP contribution in [0.1, 0.15) is 59.9 Å². The zero-order chi connectivity index (χ0) is 44.1. The molecule has 0 aliphatic carbocycles. The zero-order valence-electron chi connectivity index (χ0n) is 33.0. The van der Waals surface area contributed by atoms with E-state index in [2.05, 4.69) is 19.9 Å². The summed E-state index contributed by atoms with van der Waals surface area (Å²) in [6.45, 7) is 5.99. The highest BCUT2D eigenvalue weighted by molar-refractivity contribution is 7.22. The molecule has 1 unspecified atom stereocenters. The average molecular weight is 881 g/mol. The first-order valence-corrected chi connectivity index (χ1v) is 19.7. The maximum atomic E-state index is 14.1. The van der Waals surface area contributed by atoms with Crippen LogP contribution in [-0.4, -0.2) is 67.8 Å². The lowest BCUT2D eigenvalue weighted by atomic mass is 9.95. The molecule has 1 atom stereocenters. The topological polar surface area (TPSA) is 160 Å². The lowest BCUT2D eigenvalue weighted by Crippen LogP contribution is -2.30. The lowest BCUT2D eigenvalue weighted by molar-refractivity contribution is -0.154. The van der Waals surface area contributed by atoms with E-state index in [0.29, 0.717) is 54.8 Å². The normalized spacial score (nSPS) is 12.2. The summed E-state index contributed by atoms with van der Waals surface area (Å²) in [5, 5.41) is 11.2. The summed E-state index contributed by atoms with van der Waals surface area (Å²) in [4.78, 5) is 55.5. The maximum Gasteiger partial charge on any atom is 0.392 e. The minimum absolute atomic E-state index is 0.0987. The van der Waals surface area contributed by atoms with E-state index < -0.39 is 48.7 Å². The van der Waals surface area contributed by atoms with Gasteiger partial charge in [0.1, 0.15) is 41.5 Å². The summed E-state index contributed by atoms with van der Waals surface area (Å²) in [5.41, 5.74) is 2.74. The fourth-order valence-electron chi connectivity index (χ4n) is 6.16. The van der Waals surface area contributed by atoms with Crippen LogP contribution >= 0.6 is 22.9 Å². The molecule has 6 rings (SSSR count). The Kier molecular flexibility index (Phi) is 13.5. The predicted octanol–water partition coefficient (Wildman–Crippen LogP) is 9.60. The van der Waals surface area contributed by atoms with Gasteiger partial charge < -0.3 is 24.1 Å². The second-order valence-corrected chi connectivity index (χ2v) is 16.0. The molecule has 12 nitrogen and oxygen atoms in total. The van der Waals surface area contributed by atoms with Gasteiger partial charge in [-0.1, -0.05) is 41.9 Å². The standard InChI is InChI=1S/C43H37ClF4N4O8S/c1-23-30(11-8-26(20-53)36(23)44)34-35-38(50-22-51-39(35)61-37(34)25-6-9-28(45)10-7-25)59-32(40(55)56)19-27-17-24(18-33(54)60-42(2,3)4)5-12-31(27)58-21-29-13-15-49-41(52-29)57-16-14-43(46,47)48/h5-13,15,17,20,22,32H,14,16,18-19,21H2,1-4H3,(H,55,56). The zero-order valence-corrected chi connectivity index (χ0v) is 34.6. The van der Waals surface area contributed by atoms with Gasteiger partial charge >= 0.3 is 24.1 Å². The van der Waals surface area contributed by atoms with E-state index in [1.165, 1.54) is 42.1 Å². The highest BCUT2D eigenvalue weighted by atomic mass is 35.5. The number of carbonyl (C=O) groups excluding carboxylic acids is 2. The SMILES string of the molecule is Cc1c(-c2c(-c3ccc(F)cc3)sc3ncnc(OC(Cc4cc(CC(=O)OC(C)(C)C)ccc4OCc4ccnc(OCCC(F)(F)F)n4)C(=O)O)c23)ccc(C=O)c1Cl. The summed E-state index contributed by atoms with van der Waals surface area (Å²) >= 11 is 7.86. The number of carbonyl (C=O) groups is 3. The second kappa shape index (κ2) is 18.6. The Hall–Kier alpha value is -6.20. The number of nitrogens with zero attached hydrogens (tertiary/aromatic N) is 4. The molecule has 0 bridgehead atoms. The number of ether oxygens (including phenoxy) is 4. The van der Waals surface area contributed by atoms with Crippen LogP contribution in [0.15, 0.2) is 73.2 Å². The number of esters is 1. The largest absolute Gasteiger partial charge is 0.487 e. The van der Waals surface area contributed by atoms with Gasteiger partial charge in [0.25, 0.3) is 0 Å². The molecule has 318 valence electrons. The number of rotatable bonds is 16. The number of carboxylic acids is 1. The Bertz CT molecular complexity index is 2580. The molecule has 1 N–H and O–H groups in total. The number of thiophene rings is 1. The van der Waals surface area contributed by atoms with E-state index in [9.17, 15) is 37.1 Å². The Morgan fingerprint density at radius 2 is 1.74 bits per heavy atom. The molecule has 0 amide bonds. The summed E-state index contributed by atoms with van der Waals surface area (Å²) in [6, 6.07) is 14.9. The molecule has 0 fully saturated rings. The maximum absolute atomic E-state index is 14.1. The average Bonchev–Trinajstić information content (AvgIpc) is 3.58. The van der Waals surface area contributed by atoms with Gasteiger partial charge in [0.15, 0.2) is 6.29 Å². The monoisotopic (exact) mass is 880 g/mol. The van der Waals surface area contributed by atoms with Gasteiger partial charge in [0.2, 0.25) is 12.0 Å². The van der Waals surface area contributed by atoms with Gasteiger partial charge in [-0.2, -0.15) is 18.2 Å². The van der Waals surface area contributed by atoms with E-state index in [1.807, 2.05) is 0 Å². The van der Waals surface area contributed by atoms with Gasteiger partial charge in [-0.3, -0.25) is 9.59 Å².